The molecule has 0 unspecified atom stereocenters. The van der Waals surface area contributed by atoms with Crippen LogP contribution in [0.3, 0.4) is 0 Å². The highest BCUT2D eigenvalue weighted by Gasteiger charge is 2.47. The number of rotatable bonds is 8. The Balaban J connectivity index is 1.13. The van der Waals surface area contributed by atoms with E-state index in [0.29, 0.717) is 28.7 Å². The third-order valence-electron chi connectivity index (χ3n) is 11.2. The standard InChI is InChI=1S/C36H43F2N7O3/c1-19(40-34(46)22-10-12-36(37,38)13-11-22)27-8-6-23-14-29(43(33(23)41-27)18-21-4-5-21)32-20(2)44-30(42-32)15-24(16-31(44)48-3)35(47)45-25-7-9-28(45)26(39)17-25/h6,8,14-16,19,21-22,25-26,28H,4-5,7,9-13,17-18,39H2,1-3H3,(H,40,46)/t19-,25+,26-,28-/m1/s1. The molecule has 10 nitrogen and oxygen atoms in total. The lowest BCUT2D eigenvalue weighted by Gasteiger charge is -2.28. The summed E-state index contributed by atoms with van der Waals surface area (Å²) in [7, 11) is 1.61. The first-order chi connectivity index (χ1) is 23.0. The van der Waals surface area contributed by atoms with Gasteiger partial charge in [0.2, 0.25) is 11.8 Å². The van der Waals surface area contributed by atoms with Crippen molar-refractivity contribution >= 4 is 28.5 Å². The smallest absolute Gasteiger partial charge is 0.254 e. The Morgan fingerprint density at radius 2 is 1.85 bits per heavy atom. The molecule has 2 saturated heterocycles. The number of aromatic nitrogens is 4. The van der Waals surface area contributed by atoms with Gasteiger partial charge in [0.15, 0.2) is 5.88 Å². The molecule has 4 aromatic heterocycles. The summed E-state index contributed by atoms with van der Waals surface area (Å²) in [6.45, 7) is 4.69. The van der Waals surface area contributed by atoms with Crippen LogP contribution in [0.2, 0.25) is 0 Å². The Kier molecular flexibility index (Phi) is 7.50. The number of carbonyl (C=O) groups is 2. The van der Waals surface area contributed by atoms with Crippen LogP contribution in [0.15, 0.2) is 30.3 Å². The van der Waals surface area contributed by atoms with E-state index in [4.69, 9.17) is 20.4 Å². The third-order valence-corrected chi connectivity index (χ3v) is 11.2. The molecule has 254 valence electrons. The summed E-state index contributed by atoms with van der Waals surface area (Å²) in [5.74, 6) is -2.22. The SMILES string of the molecule is COc1cc(C(=O)N2[C@H]3CC[C@@H]2[C@H](N)C3)cc2nc(-c3cc4ccc([C@@H](C)NC(=O)C5CCC(F)(F)CC5)nc4n3CC3CC3)c(C)n12. The van der Waals surface area contributed by atoms with E-state index in [1.54, 1.807) is 13.2 Å². The number of hydrogen-bond acceptors (Lipinski definition) is 6. The zero-order valence-corrected chi connectivity index (χ0v) is 27.7. The summed E-state index contributed by atoms with van der Waals surface area (Å²) < 4.78 is 37.3. The average Bonchev–Trinajstić information content (AvgIpc) is 3.38. The molecule has 4 atom stereocenters. The number of nitrogens with zero attached hydrogens (tertiary/aromatic N) is 5. The number of aryl methyl sites for hydroxylation is 1. The number of carbonyl (C=O) groups excluding carboxylic acids is 2. The highest BCUT2D eigenvalue weighted by molar-refractivity contribution is 5.97. The fourth-order valence-corrected chi connectivity index (χ4v) is 8.32. The van der Waals surface area contributed by atoms with E-state index in [-0.39, 0.29) is 61.7 Å². The van der Waals surface area contributed by atoms with Gasteiger partial charge in [0.25, 0.3) is 5.91 Å². The minimum absolute atomic E-state index is 0.0214. The molecule has 2 aliphatic heterocycles. The van der Waals surface area contributed by atoms with Crippen LogP contribution in [0.25, 0.3) is 28.1 Å². The Morgan fingerprint density at radius 1 is 1.08 bits per heavy atom. The van der Waals surface area contributed by atoms with E-state index in [0.717, 1.165) is 66.8 Å². The molecule has 48 heavy (non-hydrogen) atoms. The van der Waals surface area contributed by atoms with E-state index < -0.39 is 11.8 Å². The molecule has 4 fully saturated rings. The molecule has 2 bridgehead atoms. The number of imidazole rings is 1. The normalized spacial score (nSPS) is 24.5. The minimum Gasteiger partial charge on any atom is -0.482 e. The molecule has 4 aliphatic rings. The Hall–Kier alpha value is -4.06. The number of ether oxygens (including phenoxy) is 1. The Bertz CT molecular complexity index is 1920. The van der Waals surface area contributed by atoms with Crippen LogP contribution in [-0.4, -0.2) is 66.8 Å². The second kappa shape index (κ2) is 11.5. The van der Waals surface area contributed by atoms with Gasteiger partial charge in [-0.1, -0.05) is 0 Å². The summed E-state index contributed by atoms with van der Waals surface area (Å²) in [6.07, 6.45) is 4.96. The van der Waals surface area contributed by atoms with Gasteiger partial charge < -0.3 is 25.3 Å². The largest absolute Gasteiger partial charge is 0.482 e. The van der Waals surface area contributed by atoms with Crippen LogP contribution in [0, 0.1) is 18.8 Å². The van der Waals surface area contributed by atoms with Crippen molar-refractivity contribution in [2.75, 3.05) is 7.11 Å². The van der Waals surface area contributed by atoms with Gasteiger partial charge in [-0.3, -0.25) is 14.0 Å². The quantitative estimate of drug-likeness (QED) is 0.247. The molecular weight excluding hydrogens is 616 g/mol. The topological polar surface area (TPSA) is 120 Å². The number of alkyl halides is 2. The molecule has 8 rings (SSSR count). The average molecular weight is 660 g/mol. The van der Waals surface area contributed by atoms with Crippen LogP contribution in [0.5, 0.6) is 5.88 Å². The first-order valence-corrected chi connectivity index (χ1v) is 17.4. The van der Waals surface area contributed by atoms with Gasteiger partial charge in [0, 0.05) is 60.4 Å². The molecule has 4 aromatic rings. The van der Waals surface area contributed by atoms with Crippen molar-refractivity contribution in [3.63, 3.8) is 0 Å². The van der Waals surface area contributed by atoms with Gasteiger partial charge in [-0.05, 0) is 89.0 Å². The molecule has 12 heteroatoms. The van der Waals surface area contributed by atoms with E-state index in [1.165, 1.54) is 0 Å². The number of pyridine rings is 2. The van der Waals surface area contributed by atoms with E-state index in [1.807, 2.05) is 41.3 Å². The van der Waals surface area contributed by atoms with Gasteiger partial charge in [-0.25, -0.2) is 18.7 Å². The molecule has 0 spiro atoms. The van der Waals surface area contributed by atoms with Crippen molar-refractivity contribution < 1.29 is 23.1 Å². The maximum atomic E-state index is 13.8. The highest BCUT2D eigenvalue weighted by atomic mass is 19.3. The molecule has 0 aromatic carbocycles. The number of methoxy groups -OCH3 is 1. The number of halogens is 2. The number of amides is 2. The van der Waals surface area contributed by atoms with Gasteiger partial charge in [-0.15, -0.1) is 0 Å². The van der Waals surface area contributed by atoms with Crippen LogP contribution in [0.4, 0.5) is 8.78 Å². The van der Waals surface area contributed by atoms with Crippen molar-refractivity contribution in [3.05, 3.63) is 47.3 Å². The molecule has 2 aliphatic carbocycles. The second-order valence-corrected chi connectivity index (χ2v) is 14.5. The second-order valence-electron chi connectivity index (χ2n) is 14.5. The molecule has 0 radical (unpaired) electrons. The first-order valence-electron chi connectivity index (χ1n) is 17.4. The zero-order chi connectivity index (χ0) is 33.5. The van der Waals surface area contributed by atoms with Crippen LogP contribution in [0.1, 0.15) is 92.5 Å². The van der Waals surface area contributed by atoms with Crippen molar-refractivity contribution in [2.45, 2.75) is 108 Å². The zero-order valence-electron chi connectivity index (χ0n) is 27.7. The van der Waals surface area contributed by atoms with Gasteiger partial charge in [0.05, 0.1) is 30.2 Å². The minimum atomic E-state index is -2.67. The van der Waals surface area contributed by atoms with Crippen molar-refractivity contribution in [1.29, 1.82) is 0 Å². The molecular formula is C36H43F2N7O3. The monoisotopic (exact) mass is 659 g/mol. The molecule has 3 N–H and O–H groups in total. The third kappa shape index (κ3) is 5.32. The summed E-state index contributed by atoms with van der Waals surface area (Å²) >= 11 is 0. The lowest BCUT2D eigenvalue weighted by molar-refractivity contribution is -0.129. The van der Waals surface area contributed by atoms with Crippen molar-refractivity contribution in [1.82, 2.24) is 29.2 Å². The number of nitrogens with two attached hydrogens (primary N) is 1. The number of hydrogen-bond donors (Lipinski definition) is 2. The summed E-state index contributed by atoms with van der Waals surface area (Å²) in [4.78, 5) is 38.9. The number of fused-ring (bicyclic) bond motifs is 4. The van der Waals surface area contributed by atoms with Gasteiger partial charge in [0.1, 0.15) is 17.0 Å². The van der Waals surface area contributed by atoms with Crippen molar-refractivity contribution in [3.8, 4) is 17.3 Å². The summed E-state index contributed by atoms with van der Waals surface area (Å²) in [6, 6.07) is 9.61. The van der Waals surface area contributed by atoms with Crippen LogP contribution >= 0.6 is 0 Å². The lowest BCUT2D eigenvalue weighted by Crippen LogP contribution is -2.40. The maximum absolute atomic E-state index is 13.8. The van der Waals surface area contributed by atoms with E-state index in [9.17, 15) is 18.4 Å². The van der Waals surface area contributed by atoms with Gasteiger partial charge >= 0.3 is 0 Å². The first kappa shape index (κ1) is 31.2. The summed E-state index contributed by atoms with van der Waals surface area (Å²) in [5.41, 5.74) is 11.7. The maximum Gasteiger partial charge on any atom is 0.254 e. The van der Waals surface area contributed by atoms with E-state index >= 15 is 0 Å². The lowest BCUT2D eigenvalue weighted by atomic mass is 9.86. The fraction of sp³-hybridized carbons (Fsp3) is 0.556. The molecule has 2 amide bonds. The summed E-state index contributed by atoms with van der Waals surface area (Å²) in [5, 5.41) is 3.99. The fourth-order valence-electron chi connectivity index (χ4n) is 8.32. The molecule has 2 saturated carbocycles. The van der Waals surface area contributed by atoms with Crippen LogP contribution < -0.4 is 15.8 Å². The van der Waals surface area contributed by atoms with E-state index in [2.05, 4.69) is 16.0 Å². The highest BCUT2D eigenvalue weighted by Crippen LogP contribution is 2.40. The van der Waals surface area contributed by atoms with Gasteiger partial charge in [-0.2, -0.15) is 0 Å². The predicted molar refractivity (Wildman–Crippen MR) is 177 cm³/mol. The van der Waals surface area contributed by atoms with Crippen molar-refractivity contribution in [2.24, 2.45) is 17.6 Å². The predicted octanol–water partition coefficient (Wildman–Crippen LogP) is 5.78. The number of nitrogens with one attached hydrogen (secondary N) is 1. The Labute approximate surface area is 278 Å². The molecule has 6 heterocycles. The Morgan fingerprint density at radius 3 is 2.52 bits per heavy atom. The van der Waals surface area contributed by atoms with Crippen LogP contribution in [-0.2, 0) is 11.3 Å².